The summed E-state index contributed by atoms with van der Waals surface area (Å²) in [7, 11) is 0. The lowest BCUT2D eigenvalue weighted by atomic mass is 9.75. The highest BCUT2D eigenvalue weighted by molar-refractivity contribution is 5.54. The summed E-state index contributed by atoms with van der Waals surface area (Å²) in [5.41, 5.74) is 3.92. The molecule has 1 N–H and O–H groups in total. The van der Waals surface area contributed by atoms with Gasteiger partial charge in [-0.1, -0.05) is 109 Å². The molecule has 0 heterocycles. The third-order valence-electron chi connectivity index (χ3n) is 5.22. The molecule has 0 radical (unpaired) electrons. The maximum atomic E-state index is 12.1. The predicted octanol–water partition coefficient (Wildman–Crippen LogP) is 5.57. The number of allylic oxidation sites excluding steroid dienone is 4. The van der Waals surface area contributed by atoms with Crippen molar-refractivity contribution >= 4 is 0 Å². The quantitative estimate of drug-likeness (QED) is 0.617. The molecule has 0 spiro atoms. The normalized spacial score (nSPS) is 16.5. The molecule has 4 rings (SSSR count). The van der Waals surface area contributed by atoms with E-state index in [1.165, 1.54) is 5.57 Å². The van der Waals surface area contributed by atoms with Crippen LogP contribution in [0.5, 0.6) is 0 Å². The summed E-state index contributed by atoms with van der Waals surface area (Å²) in [6.07, 6.45) is 6.44. The Morgan fingerprint density at radius 2 is 1.27 bits per heavy atom. The van der Waals surface area contributed by atoms with Crippen LogP contribution >= 0.6 is 0 Å². The van der Waals surface area contributed by atoms with E-state index < -0.39 is 5.60 Å². The highest BCUT2D eigenvalue weighted by atomic mass is 16.3. The third kappa shape index (κ3) is 2.71. The van der Waals surface area contributed by atoms with Gasteiger partial charge in [0.15, 0.2) is 0 Å². The molecule has 0 saturated carbocycles. The molecule has 0 aliphatic heterocycles. The Hall–Kier alpha value is -2.90. The monoisotopic (exact) mass is 338 g/mol. The second kappa shape index (κ2) is 6.78. The average molecular weight is 338 g/mol. The van der Waals surface area contributed by atoms with Crippen LogP contribution in [0.2, 0.25) is 0 Å². The molecule has 0 fully saturated rings. The zero-order chi connectivity index (χ0) is 18.0. The molecule has 0 amide bonds. The van der Waals surface area contributed by atoms with E-state index in [1.54, 1.807) is 0 Å². The molecule has 3 aromatic carbocycles. The minimum Gasteiger partial charge on any atom is -0.376 e. The van der Waals surface area contributed by atoms with Crippen LogP contribution in [0.3, 0.4) is 0 Å². The third-order valence-corrected chi connectivity index (χ3v) is 5.22. The van der Waals surface area contributed by atoms with Crippen LogP contribution in [0.4, 0.5) is 0 Å². The maximum Gasteiger partial charge on any atom is 0.140 e. The van der Waals surface area contributed by atoms with E-state index in [0.29, 0.717) is 0 Å². The molecule has 1 aliphatic carbocycles. The largest absolute Gasteiger partial charge is 0.376 e. The summed E-state index contributed by atoms with van der Waals surface area (Å²) in [4.78, 5) is 0. The molecule has 1 aliphatic rings. The Balaban J connectivity index is 1.98. The number of hydrogen-bond donors (Lipinski definition) is 1. The van der Waals surface area contributed by atoms with E-state index in [9.17, 15) is 5.11 Å². The van der Waals surface area contributed by atoms with E-state index in [0.717, 1.165) is 22.3 Å². The molecular formula is C25H22O. The topological polar surface area (TPSA) is 20.2 Å². The molecule has 1 atom stereocenters. The van der Waals surface area contributed by atoms with Gasteiger partial charge in [-0.15, -0.1) is 0 Å². The number of aliphatic hydroxyl groups is 1. The second-order valence-corrected chi connectivity index (χ2v) is 6.80. The fourth-order valence-corrected chi connectivity index (χ4v) is 3.86. The van der Waals surface area contributed by atoms with Crippen molar-refractivity contribution in [2.24, 2.45) is 0 Å². The van der Waals surface area contributed by atoms with Gasteiger partial charge in [0.05, 0.1) is 0 Å². The Morgan fingerprint density at radius 3 is 1.81 bits per heavy atom. The van der Waals surface area contributed by atoms with Gasteiger partial charge in [0.1, 0.15) is 5.60 Å². The molecule has 1 nitrogen and oxygen atoms in total. The van der Waals surface area contributed by atoms with Crippen molar-refractivity contribution in [3.05, 3.63) is 131 Å². The minimum atomic E-state index is -1.20. The second-order valence-electron chi connectivity index (χ2n) is 6.80. The van der Waals surface area contributed by atoms with Crippen LogP contribution in [0.25, 0.3) is 0 Å². The first-order valence-corrected chi connectivity index (χ1v) is 8.99. The Labute approximate surface area is 155 Å². The summed E-state index contributed by atoms with van der Waals surface area (Å²) < 4.78 is 0. The SMILES string of the molecule is CC1=CC=CC1c1ccccc1C(O)(c1ccccc1)c1ccccc1. The lowest BCUT2D eigenvalue weighted by Gasteiger charge is -2.33. The van der Waals surface area contributed by atoms with Crippen molar-refractivity contribution in [2.75, 3.05) is 0 Å². The fraction of sp³-hybridized carbons (Fsp3) is 0.120. The molecule has 0 bridgehead atoms. The molecular weight excluding hydrogens is 316 g/mol. The van der Waals surface area contributed by atoms with Crippen LogP contribution in [0.15, 0.2) is 109 Å². The van der Waals surface area contributed by atoms with Gasteiger partial charge in [-0.25, -0.2) is 0 Å². The summed E-state index contributed by atoms with van der Waals surface area (Å²) in [6.45, 7) is 2.14. The average Bonchev–Trinajstić information content (AvgIpc) is 3.14. The highest BCUT2D eigenvalue weighted by Gasteiger charge is 2.36. The zero-order valence-corrected chi connectivity index (χ0v) is 14.8. The summed E-state index contributed by atoms with van der Waals surface area (Å²) in [5, 5.41) is 12.1. The van der Waals surface area contributed by atoms with Crippen molar-refractivity contribution in [1.29, 1.82) is 0 Å². The van der Waals surface area contributed by atoms with Crippen molar-refractivity contribution in [1.82, 2.24) is 0 Å². The first kappa shape index (κ1) is 16.6. The molecule has 1 unspecified atom stereocenters. The van der Waals surface area contributed by atoms with Gasteiger partial charge in [-0.3, -0.25) is 0 Å². The van der Waals surface area contributed by atoms with E-state index in [-0.39, 0.29) is 5.92 Å². The number of hydrogen-bond acceptors (Lipinski definition) is 1. The smallest absolute Gasteiger partial charge is 0.140 e. The van der Waals surface area contributed by atoms with Crippen LogP contribution in [-0.4, -0.2) is 5.11 Å². The van der Waals surface area contributed by atoms with Gasteiger partial charge < -0.3 is 5.11 Å². The lowest BCUT2D eigenvalue weighted by molar-refractivity contribution is 0.124. The Bertz CT molecular complexity index is 912. The molecule has 128 valence electrons. The minimum absolute atomic E-state index is 0.199. The van der Waals surface area contributed by atoms with Crippen molar-refractivity contribution in [2.45, 2.75) is 18.4 Å². The number of benzene rings is 3. The first-order chi connectivity index (χ1) is 12.7. The van der Waals surface area contributed by atoms with Gasteiger partial charge in [-0.2, -0.15) is 0 Å². The van der Waals surface area contributed by atoms with Crippen LogP contribution in [0.1, 0.15) is 35.1 Å². The summed E-state index contributed by atoms with van der Waals surface area (Å²) in [5.74, 6) is 0.199. The first-order valence-electron chi connectivity index (χ1n) is 8.99. The van der Waals surface area contributed by atoms with Crippen LogP contribution in [0, 0.1) is 0 Å². The van der Waals surface area contributed by atoms with Gasteiger partial charge >= 0.3 is 0 Å². The van der Waals surface area contributed by atoms with Crippen molar-refractivity contribution in [3.8, 4) is 0 Å². The molecule has 0 aromatic heterocycles. The van der Waals surface area contributed by atoms with Gasteiger partial charge in [0.2, 0.25) is 0 Å². The Morgan fingerprint density at radius 1 is 0.731 bits per heavy atom. The van der Waals surface area contributed by atoms with Gasteiger partial charge in [-0.05, 0) is 29.2 Å². The summed E-state index contributed by atoms with van der Waals surface area (Å²) >= 11 is 0. The van der Waals surface area contributed by atoms with E-state index in [4.69, 9.17) is 0 Å². The maximum absolute atomic E-state index is 12.1. The Kier molecular flexibility index (Phi) is 4.32. The highest BCUT2D eigenvalue weighted by Crippen LogP contribution is 2.42. The molecule has 3 aromatic rings. The molecule has 26 heavy (non-hydrogen) atoms. The standard InChI is InChI=1S/C25H22O/c1-19-11-10-17-22(19)23-16-8-9-18-24(23)25(26,20-12-4-2-5-13-20)21-14-6-3-7-15-21/h2-18,22,26H,1H3. The van der Waals surface area contributed by atoms with Crippen molar-refractivity contribution < 1.29 is 5.11 Å². The predicted molar refractivity (Wildman–Crippen MR) is 107 cm³/mol. The molecule has 0 saturated heterocycles. The summed E-state index contributed by atoms with van der Waals surface area (Å²) in [6, 6.07) is 28.1. The zero-order valence-electron chi connectivity index (χ0n) is 14.8. The van der Waals surface area contributed by atoms with Gasteiger partial charge in [0.25, 0.3) is 0 Å². The fourth-order valence-electron chi connectivity index (χ4n) is 3.86. The molecule has 1 heteroatoms. The van der Waals surface area contributed by atoms with Gasteiger partial charge in [0, 0.05) is 5.92 Å². The lowest BCUT2D eigenvalue weighted by Crippen LogP contribution is -2.30. The van der Waals surface area contributed by atoms with Crippen LogP contribution < -0.4 is 0 Å². The van der Waals surface area contributed by atoms with E-state index >= 15 is 0 Å². The van der Waals surface area contributed by atoms with Crippen LogP contribution in [-0.2, 0) is 5.60 Å². The van der Waals surface area contributed by atoms with Crippen molar-refractivity contribution in [3.63, 3.8) is 0 Å². The van der Waals surface area contributed by atoms with E-state index in [1.807, 2.05) is 66.7 Å². The van der Waals surface area contributed by atoms with E-state index in [2.05, 4.69) is 43.4 Å². The number of rotatable bonds is 4.